The monoisotopic (exact) mass is 538 g/mol. The molecule has 0 aliphatic carbocycles. The summed E-state index contributed by atoms with van der Waals surface area (Å²) in [7, 11) is -3.75. The number of halogens is 1. The van der Waals surface area contributed by atoms with E-state index < -0.39 is 10.0 Å². The number of nitrogens with one attached hydrogen (secondary N) is 2. The fourth-order valence-corrected chi connectivity index (χ4v) is 5.28. The molecule has 0 heterocycles. The van der Waals surface area contributed by atoms with E-state index in [0.29, 0.717) is 17.1 Å². The van der Waals surface area contributed by atoms with Crippen molar-refractivity contribution >= 4 is 54.0 Å². The first-order valence-electron chi connectivity index (χ1n) is 10.5. The molecule has 1 amide bonds. The molecule has 0 fully saturated rings. The van der Waals surface area contributed by atoms with Crippen molar-refractivity contribution in [1.82, 2.24) is 0 Å². The van der Waals surface area contributed by atoms with Crippen molar-refractivity contribution in [2.45, 2.75) is 18.7 Å². The lowest BCUT2D eigenvalue weighted by Crippen LogP contribution is -2.20. The van der Waals surface area contributed by atoms with Crippen LogP contribution in [0.5, 0.6) is 5.75 Å². The van der Waals surface area contributed by atoms with E-state index >= 15 is 0 Å². The number of benzene rings is 4. The number of hydrogen-bond donors (Lipinski definition) is 2. The maximum Gasteiger partial charge on any atom is 0.262 e. The molecule has 0 unspecified atom stereocenters. The normalized spacial score (nSPS) is 11.3. The first-order chi connectivity index (χ1) is 16.2. The number of fused-ring (bicyclic) bond motifs is 1. The Labute approximate surface area is 207 Å². The summed E-state index contributed by atoms with van der Waals surface area (Å²) >= 11 is 3.54. The molecule has 0 aliphatic heterocycles. The summed E-state index contributed by atoms with van der Waals surface area (Å²) < 4.78 is 34.5. The van der Waals surface area contributed by atoms with Crippen molar-refractivity contribution in [2.24, 2.45) is 0 Å². The third kappa shape index (κ3) is 5.58. The Kier molecular flexibility index (Phi) is 6.90. The van der Waals surface area contributed by atoms with Gasteiger partial charge in [-0.1, -0.05) is 36.4 Å². The van der Waals surface area contributed by atoms with Gasteiger partial charge in [-0.15, -0.1) is 0 Å². The predicted molar refractivity (Wildman–Crippen MR) is 139 cm³/mol. The van der Waals surface area contributed by atoms with Crippen LogP contribution in [0.25, 0.3) is 10.8 Å². The van der Waals surface area contributed by atoms with Gasteiger partial charge < -0.3 is 10.1 Å². The fraction of sp³-hybridized carbons (Fsp3) is 0.115. The maximum atomic E-state index is 12.7. The zero-order valence-corrected chi connectivity index (χ0v) is 21.0. The quantitative estimate of drug-likeness (QED) is 0.300. The maximum absolute atomic E-state index is 12.7. The van der Waals surface area contributed by atoms with E-state index in [0.717, 1.165) is 26.4 Å². The summed E-state index contributed by atoms with van der Waals surface area (Å²) in [5.74, 6) is 0.205. The van der Waals surface area contributed by atoms with Crippen LogP contribution in [0.1, 0.15) is 11.1 Å². The van der Waals surface area contributed by atoms with Crippen molar-refractivity contribution in [3.05, 3.63) is 94.5 Å². The van der Waals surface area contributed by atoms with E-state index in [4.69, 9.17) is 4.74 Å². The Hall–Kier alpha value is -3.36. The van der Waals surface area contributed by atoms with Crippen molar-refractivity contribution in [1.29, 1.82) is 0 Å². The molecule has 0 atom stereocenters. The summed E-state index contributed by atoms with van der Waals surface area (Å²) in [4.78, 5) is 12.5. The van der Waals surface area contributed by atoms with Crippen LogP contribution < -0.4 is 14.8 Å². The highest BCUT2D eigenvalue weighted by molar-refractivity contribution is 9.10. The van der Waals surface area contributed by atoms with Gasteiger partial charge in [0, 0.05) is 11.4 Å². The minimum Gasteiger partial charge on any atom is -0.483 e. The lowest BCUT2D eigenvalue weighted by Gasteiger charge is -2.12. The molecule has 4 rings (SSSR count). The van der Waals surface area contributed by atoms with Gasteiger partial charge in [0.15, 0.2) is 6.61 Å². The van der Waals surface area contributed by atoms with E-state index in [1.165, 1.54) is 12.1 Å². The molecule has 6 nitrogen and oxygen atoms in total. The Morgan fingerprint density at radius 1 is 0.882 bits per heavy atom. The van der Waals surface area contributed by atoms with Crippen LogP contribution in [0.2, 0.25) is 0 Å². The van der Waals surface area contributed by atoms with Crippen molar-refractivity contribution in [3.63, 3.8) is 0 Å². The number of aryl methyl sites for hydroxylation is 2. The number of rotatable bonds is 7. The number of amides is 1. The average molecular weight is 539 g/mol. The topological polar surface area (TPSA) is 84.5 Å². The van der Waals surface area contributed by atoms with Gasteiger partial charge in [0.1, 0.15) is 5.75 Å². The van der Waals surface area contributed by atoms with Crippen LogP contribution in [0.15, 0.2) is 88.2 Å². The second-order valence-electron chi connectivity index (χ2n) is 7.94. The SMILES string of the molecule is Cc1cc(C)cc(NS(=O)(=O)c2ccc(NC(=O)COc3ccc4ccccc4c3Br)cc2)c1. The largest absolute Gasteiger partial charge is 0.483 e. The molecular weight excluding hydrogens is 516 g/mol. The summed E-state index contributed by atoms with van der Waals surface area (Å²) in [6.45, 7) is 3.63. The van der Waals surface area contributed by atoms with Gasteiger partial charge in [-0.3, -0.25) is 9.52 Å². The minimum absolute atomic E-state index is 0.0982. The molecule has 0 aliphatic rings. The van der Waals surface area contributed by atoms with E-state index in [-0.39, 0.29) is 17.4 Å². The number of carbonyl (C=O) groups is 1. The number of anilines is 2. The van der Waals surface area contributed by atoms with Gasteiger partial charge in [0.2, 0.25) is 0 Å². The molecule has 2 N–H and O–H groups in total. The molecule has 0 aromatic heterocycles. The molecule has 174 valence electrons. The summed E-state index contributed by atoms with van der Waals surface area (Å²) in [5, 5.41) is 4.77. The number of hydrogen-bond acceptors (Lipinski definition) is 4. The summed E-state index contributed by atoms with van der Waals surface area (Å²) in [5.41, 5.74) is 2.91. The van der Waals surface area contributed by atoms with Gasteiger partial charge >= 0.3 is 0 Å². The van der Waals surface area contributed by atoms with Crippen LogP contribution in [0.3, 0.4) is 0 Å². The molecule has 0 spiro atoms. The zero-order valence-electron chi connectivity index (χ0n) is 18.6. The van der Waals surface area contributed by atoms with Gasteiger partial charge in [0.05, 0.1) is 9.37 Å². The van der Waals surface area contributed by atoms with Gasteiger partial charge in [0.25, 0.3) is 15.9 Å². The van der Waals surface area contributed by atoms with Crippen molar-refractivity contribution < 1.29 is 17.9 Å². The third-order valence-electron chi connectivity index (χ3n) is 5.11. The molecular formula is C26H23BrN2O4S. The standard InChI is InChI=1S/C26H23BrN2O4S/c1-17-13-18(2)15-21(14-17)29-34(31,32)22-10-8-20(9-11-22)28-25(30)16-33-24-12-7-19-5-3-4-6-23(19)26(24)27/h3-15,29H,16H2,1-2H3,(H,28,30). The van der Waals surface area contributed by atoms with E-state index in [1.807, 2.05) is 56.3 Å². The van der Waals surface area contributed by atoms with Crippen LogP contribution >= 0.6 is 15.9 Å². The van der Waals surface area contributed by atoms with E-state index in [1.54, 1.807) is 24.3 Å². The second-order valence-corrected chi connectivity index (χ2v) is 10.4. The lowest BCUT2D eigenvalue weighted by molar-refractivity contribution is -0.118. The molecule has 0 bridgehead atoms. The molecule has 4 aromatic rings. The van der Waals surface area contributed by atoms with Crippen molar-refractivity contribution in [3.8, 4) is 5.75 Å². The van der Waals surface area contributed by atoms with Crippen LogP contribution in [0, 0.1) is 13.8 Å². The first-order valence-corrected chi connectivity index (χ1v) is 12.8. The van der Waals surface area contributed by atoms with Crippen molar-refractivity contribution in [2.75, 3.05) is 16.6 Å². The first kappa shape index (κ1) is 23.8. The van der Waals surface area contributed by atoms with Gasteiger partial charge in [-0.05, 0) is 94.1 Å². The molecule has 0 radical (unpaired) electrons. The van der Waals surface area contributed by atoms with E-state index in [2.05, 4.69) is 26.0 Å². The molecule has 4 aromatic carbocycles. The lowest BCUT2D eigenvalue weighted by atomic mass is 10.1. The summed E-state index contributed by atoms with van der Waals surface area (Å²) in [6, 6.07) is 23.1. The highest BCUT2D eigenvalue weighted by Crippen LogP contribution is 2.33. The Morgan fingerprint density at radius 2 is 1.56 bits per heavy atom. The third-order valence-corrected chi connectivity index (χ3v) is 7.32. The Morgan fingerprint density at radius 3 is 2.26 bits per heavy atom. The Bertz CT molecular complexity index is 1450. The van der Waals surface area contributed by atoms with Crippen LogP contribution in [0.4, 0.5) is 11.4 Å². The highest BCUT2D eigenvalue weighted by Gasteiger charge is 2.15. The number of sulfonamides is 1. The average Bonchev–Trinajstić information content (AvgIpc) is 2.78. The molecule has 0 saturated heterocycles. The minimum atomic E-state index is -3.75. The Balaban J connectivity index is 1.38. The number of carbonyl (C=O) groups excluding carboxylic acids is 1. The summed E-state index contributed by atoms with van der Waals surface area (Å²) in [6.07, 6.45) is 0. The smallest absolute Gasteiger partial charge is 0.262 e. The second kappa shape index (κ2) is 9.87. The number of ether oxygens (including phenoxy) is 1. The molecule has 0 saturated carbocycles. The van der Waals surface area contributed by atoms with Crippen LogP contribution in [-0.2, 0) is 14.8 Å². The predicted octanol–water partition coefficient (Wildman–Crippen LogP) is 6.04. The fourth-order valence-electron chi connectivity index (χ4n) is 3.63. The van der Waals surface area contributed by atoms with Gasteiger partial charge in [-0.2, -0.15) is 0 Å². The highest BCUT2D eigenvalue weighted by atomic mass is 79.9. The van der Waals surface area contributed by atoms with E-state index in [9.17, 15) is 13.2 Å². The van der Waals surface area contributed by atoms with Crippen LogP contribution in [-0.4, -0.2) is 20.9 Å². The zero-order chi connectivity index (χ0) is 24.3. The molecule has 34 heavy (non-hydrogen) atoms. The molecule has 8 heteroatoms. The van der Waals surface area contributed by atoms with Gasteiger partial charge in [-0.25, -0.2) is 8.42 Å².